The predicted octanol–water partition coefficient (Wildman–Crippen LogP) is 3.53. The maximum Gasteiger partial charge on any atom is 0.252 e. The molecule has 3 rings (SSSR count). The summed E-state index contributed by atoms with van der Waals surface area (Å²) in [7, 11) is 0. The molecule has 7 nitrogen and oxygen atoms in total. The maximum atomic E-state index is 13.5. The van der Waals surface area contributed by atoms with Crippen LogP contribution in [0, 0.1) is 0 Å². The summed E-state index contributed by atoms with van der Waals surface area (Å²) in [6, 6.07) is 17.3. The number of aliphatic hydroxyl groups is 1. The second-order valence-corrected chi connectivity index (χ2v) is 8.74. The van der Waals surface area contributed by atoms with Crippen molar-refractivity contribution in [3.05, 3.63) is 65.7 Å². The third-order valence-corrected chi connectivity index (χ3v) is 5.70. The first-order chi connectivity index (χ1) is 16.4. The van der Waals surface area contributed by atoms with Crippen molar-refractivity contribution in [3.8, 4) is 5.75 Å². The van der Waals surface area contributed by atoms with Crippen LogP contribution < -0.4 is 10.1 Å². The van der Waals surface area contributed by atoms with Crippen molar-refractivity contribution >= 4 is 11.8 Å². The quantitative estimate of drug-likeness (QED) is 0.439. The van der Waals surface area contributed by atoms with Gasteiger partial charge in [0.1, 0.15) is 11.9 Å². The summed E-state index contributed by atoms with van der Waals surface area (Å²) in [6.45, 7) is 7.54. The zero-order valence-electron chi connectivity index (χ0n) is 20.3. The van der Waals surface area contributed by atoms with Gasteiger partial charge in [-0.05, 0) is 57.0 Å². The lowest BCUT2D eigenvalue weighted by Gasteiger charge is -2.28. The molecule has 2 aromatic carbocycles. The van der Waals surface area contributed by atoms with Crippen LogP contribution in [0.1, 0.15) is 44.7 Å². The summed E-state index contributed by atoms with van der Waals surface area (Å²) in [5, 5.41) is 12.0. The zero-order valence-corrected chi connectivity index (χ0v) is 20.3. The number of carbonyl (C=O) groups excluding carboxylic acids is 1. The molecule has 0 aromatic heterocycles. The molecule has 34 heavy (non-hydrogen) atoms. The second kappa shape index (κ2) is 12.5. The van der Waals surface area contributed by atoms with Gasteiger partial charge in [0.05, 0.1) is 12.7 Å². The average molecular weight is 469 g/mol. The van der Waals surface area contributed by atoms with Gasteiger partial charge < -0.3 is 24.6 Å². The van der Waals surface area contributed by atoms with E-state index in [1.165, 1.54) is 0 Å². The van der Waals surface area contributed by atoms with Crippen LogP contribution in [-0.4, -0.2) is 61.0 Å². The normalized spacial score (nSPS) is 19.6. The van der Waals surface area contributed by atoms with Gasteiger partial charge >= 0.3 is 0 Å². The minimum Gasteiger partial charge on any atom is -0.494 e. The molecule has 2 atom stereocenters. The van der Waals surface area contributed by atoms with Crippen LogP contribution in [-0.2, 0) is 20.7 Å². The molecular formula is C27H36N2O5. The Labute approximate surface area is 202 Å². The van der Waals surface area contributed by atoms with E-state index >= 15 is 0 Å². The Kier molecular flexibility index (Phi) is 9.48. The number of ether oxygens (including phenoxy) is 3. The van der Waals surface area contributed by atoms with Crippen molar-refractivity contribution in [1.29, 1.82) is 0 Å². The smallest absolute Gasteiger partial charge is 0.252 e. The summed E-state index contributed by atoms with van der Waals surface area (Å²) in [5.41, 5.74) is 0.745. The molecule has 1 aliphatic rings. The van der Waals surface area contributed by atoms with Gasteiger partial charge in [-0.2, -0.15) is 0 Å². The van der Waals surface area contributed by atoms with Crippen LogP contribution in [0.25, 0.3) is 0 Å². The molecule has 184 valence electrons. The standard InChI is InChI=1S/C27H36N2O5/c1-20(2)32-17-7-15-28-26(31)27(19-22-9-5-4-6-10-22)21(3)34-25(29-27)23-11-13-24(14-12-23)33-18-8-16-30/h4-6,9-14,20-21,30H,7-8,15-19H2,1-3H3,(H,28,31)/t21-,27-/m1/s1. The first-order valence-electron chi connectivity index (χ1n) is 12.0. The molecule has 2 aromatic rings. The minimum atomic E-state index is -1.06. The van der Waals surface area contributed by atoms with Crippen LogP contribution in [0.5, 0.6) is 5.75 Å². The Morgan fingerprint density at radius 1 is 1.12 bits per heavy atom. The molecule has 1 aliphatic heterocycles. The predicted molar refractivity (Wildman–Crippen MR) is 132 cm³/mol. The highest BCUT2D eigenvalue weighted by Gasteiger charge is 2.50. The van der Waals surface area contributed by atoms with E-state index in [0.717, 1.165) is 17.5 Å². The van der Waals surface area contributed by atoms with Gasteiger partial charge in [0.15, 0.2) is 5.54 Å². The first-order valence-corrected chi connectivity index (χ1v) is 12.0. The van der Waals surface area contributed by atoms with E-state index in [1.807, 2.05) is 75.4 Å². The summed E-state index contributed by atoms with van der Waals surface area (Å²) < 4.78 is 17.3. The Hall–Kier alpha value is -2.90. The van der Waals surface area contributed by atoms with Crippen LogP contribution in [0.4, 0.5) is 0 Å². The molecule has 0 saturated carbocycles. The summed E-state index contributed by atoms with van der Waals surface area (Å²) >= 11 is 0. The largest absolute Gasteiger partial charge is 0.494 e. The topological polar surface area (TPSA) is 89.4 Å². The van der Waals surface area contributed by atoms with Crippen LogP contribution >= 0.6 is 0 Å². The number of hydrogen-bond acceptors (Lipinski definition) is 6. The van der Waals surface area contributed by atoms with E-state index in [9.17, 15) is 4.79 Å². The van der Waals surface area contributed by atoms with E-state index in [-0.39, 0.29) is 18.6 Å². The van der Waals surface area contributed by atoms with E-state index in [4.69, 9.17) is 24.3 Å². The van der Waals surface area contributed by atoms with Gasteiger partial charge in [-0.3, -0.25) is 4.79 Å². The fraction of sp³-hybridized carbons (Fsp3) is 0.481. The number of nitrogens with one attached hydrogen (secondary N) is 1. The SMILES string of the molecule is CC(C)OCCCNC(=O)[C@]1(Cc2ccccc2)N=C(c2ccc(OCCCO)cc2)O[C@@H]1C. The molecule has 2 N–H and O–H groups in total. The fourth-order valence-corrected chi connectivity index (χ4v) is 3.80. The average Bonchev–Trinajstić information content (AvgIpc) is 3.16. The van der Waals surface area contributed by atoms with Gasteiger partial charge in [-0.1, -0.05) is 30.3 Å². The molecule has 0 radical (unpaired) electrons. The Balaban J connectivity index is 1.78. The van der Waals surface area contributed by atoms with Crippen molar-refractivity contribution in [2.45, 2.75) is 57.8 Å². The highest BCUT2D eigenvalue weighted by Crippen LogP contribution is 2.32. The number of aliphatic imine (C=N–C) groups is 1. The number of amides is 1. The maximum absolute atomic E-state index is 13.5. The lowest BCUT2D eigenvalue weighted by molar-refractivity contribution is -0.128. The lowest BCUT2D eigenvalue weighted by Crippen LogP contribution is -2.52. The molecule has 0 fully saturated rings. The highest BCUT2D eigenvalue weighted by atomic mass is 16.5. The van der Waals surface area contributed by atoms with E-state index in [0.29, 0.717) is 44.2 Å². The van der Waals surface area contributed by atoms with Crippen molar-refractivity contribution in [2.24, 2.45) is 4.99 Å². The Morgan fingerprint density at radius 3 is 2.53 bits per heavy atom. The number of benzene rings is 2. The van der Waals surface area contributed by atoms with E-state index in [1.54, 1.807) is 0 Å². The van der Waals surface area contributed by atoms with Crippen molar-refractivity contribution < 1.29 is 24.1 Å². The van der Waals surface area contributed by atoms with Gasteiger partial charge in [0.2, 0.25) is 5.90 Å². The van der Waals surface area contributed by atoms with Crippen LogP contribution in [0.15, 0.2) is 59.6 Å². The number of carbonyl (C=O) groups is 1. The molecule has 0 bridgehead atoms. The molecule has 0 aliphatic carbocycles. The molecular weight excluding hydrogens is 432 g/mol. The fourth-order valence-electron chi connectivity index (χ4n) is 3.80. The van der Waals surface area contributed by atoms with Crippen molar-refractivity contribution in [3.63, 3.8) is 0 Å². The molecule has 0 spiro atoms. The van der Waals surface area contributed by atoms with E-state index < -0.39 is 11.6 Å². The van der Waals surface area contributed by atoms with Gasteiger partial charge in [-0.15, -0.1) is 0 Å². The highest BCUT2D eigenvalue weighted by molar-refractivity contribution is 6.00. The number of aliphatic hydroxyl groups excluding tert-OH is 1. The van der Waals surface area contributed by atoms with Gasteiger partial charge in [0, 0.05) is 38.2 Å². The van der Waals surface area contributed by atoms with Crippen LogP contribution in [0.3, 0.4) is 0 Å². The zero-order chi connectivity index (χ0) is 24.4. The molecule has 0 saturated heterocycles. The lowest BCUT2D eigenvalue weighted by atomic mass is 9.86. The number of hydrogen-bond donors (Lipinski definition) is 2. The summed E-state index contributed by atoms with van der Waals surface area (Å²) in [4.78, 5) is 18.4. The third-order valence-electron chi connectivity index (χ3n) is 5.70. The number of rotatable bonds is 13. The van der Waals surface area contributed by atoms with Crippen LogP contribution in [0.2, 0.25) is 0 Å². The number of nitrogens with zero attached hydrogens (tertiary/aromatic N) is 1. The van der Waals surface area contributed by atoms with E-state index in [2.05, 4.69) is 5.32 Å². The van der Waals surface area contributed by atoms with Crippen molar-refractivity contribution in [1.82, 2.24) is 5.32 Å². The molecule has 7 heteroatoms. The summed E-state index contributed by atoms with van der Waals surface area (Å²) in [5.74, 6) is 1.01. The van der Waals surface area contributed by atoms with Gasteiger partial charge in [-0.25, -0.2) is 4.99 Å². The minimum absolute atomic E-state index is 0.0942. The van der Waals surface area contributed by atoms with Crippen molar-refractivity contribution in [2.75, 3.05) is 26.4 Å². The monoisotopic (exact) mass is 468 g/mol. The molecule has 1 amide bonds. The summed E-state index contributed by atoms with van der Waals surface area (Å²) in [6.07, 6.45) is 1.48. The third kappa shape index (κ3) is 6.81. The first kappa shape index (κ1) is 25.7. The van der Waals surface area contributed by atoms with Gasteiger partial charge in [0.25, 0.3) is 5.91 Å². The Morgan fingerprint density at radius 2 is 1.85 bits per heavy atom. The molecule has 1 heterocycles. The Bertz CT molecular complexity index is 930. The second-order valence-electron chi connectivity index (χ2n) is 8.74. The molecule has 0 unspecified atom stereocenters.